The lowest BCUT2D eigenvalue weighted by Crippen LogP contribution is -2.21. The van der Waals surface area contributed by atoms with Crippen LogP contribution in [0.5, 0.6) is 11.5 Å². The summed E-state index contributed by atoms with van der Waals surface area (Å²) in [5.74, 6) is -0.118. The van der Waals surface area contributed by atoms with Crippen LogP contribution in [0.2, 0.25) is 0 Å². The summed E-state index contributed by atoms with van der Waals surface area (Å²) in [4.78, 5) is 25.2. The first-order chi connectivity index (χ1) is 17.7. The third-order valence-electron chi connectivity index (χ3n) is 5.33. The normalized spacial score (nSPS) is 10.9. The molecule has 0 saturated carbocycles. The maximum Gasteiger partial charge on any atom is 0.266 e. The molecule has 0 unspecified atom stereocenters. The summed E-state index contributed by atoms with van der Waals surface area (Å²) in [6, 6.07) is 18.4. The highest BCUT2D eigenvalue weighted by Gasteiger charge is 2.16. The maximum atomic E-state index is 12.7. The fraction of sp³-hybridized carbons (Fsp3) is 0.207. The molecule has 3 rings (SSSR count). The Balaban J connectivity index is 1.77. The highest BCUT2D eigenvalue weighted by Crippen LogP contribution is 2.37. The Labute approximate surface area is 225 Å². The average Bonchev–Trinajstić information content (AvgIpc) is 2.85. The second-order valence-corrected chi connectivity index (χ2v) is 9.26. The summed E-state index contributed by atoms with van der Waals surface area (Å²) in [7, 11) is 0. The minimum Gasteiger partial charge on any atom is -0.490 e. The van der Waals surface area contributed by atoms with Gasteiger partial charge in [0.05, 0.1) is 11.1 Å². The maximum absolute atomic E-state index is 12.7. The molecule has 3 aromatic carbocycles. The largest absolute Gasteiger partial charge is 0.490 e. The number of hydrogen-bond acceptors (Lipinski definition) is 5. The van der Waals surface area contributed by atoms with Crippen molar-refractivity contribution in [2.24, 2.45) is 0 Å². The number of carbonyl (C=O) groups is 2. The fourth-order valence-electron chi connectivity index (χ4n) is 3.42. The highest BCUT2D eigenvalue weighted by molar-refractivity contribution is 9.10. The number of hydrogen-bond donors (Lipinski definition) is 2. The van der Waals surface area contributed by atoms with E-state index in [2.05, 4.69) is 26.6 Å². The zero-order valence-electron chi connectivity index (χ0n) is 21.1. The van der Waals surface area contributed by atoms with Crippen LogP contribution in [-0.2, 0) is 9.59 Å². The van der Waals surface area contributed by atoms with Gasteiger partial charge in [-0.3, -0.25) is 9.59 Å². The number of carbonyl (C=O) groups excluding carboxylic acids is 2. The third kappa shape index (κ3) is 7.69. The van der Waals surface area contributed by atoms with Crippen molar-refractivity contribution in [3.05, 3.63) is 86.9 Å². The van der Waals surface area contributed by atoms with Crippen molar-refractivity contribution in [2.75, 3.05) is 23.8 Å². The molecule has 37 heavy (non-hydrogen) atoms. The number of benzene rings is 3. The van der Waals surface area contributed by atoms with E-state index in [9.17, 15) is 14.9 Å². The number of nitrogens with zero attached hydrogens (tertiary/aromatic N) is 1. The van der Waals surface area contributed by atoms with Crippen molar-refractivity contribution in [3.63, 3.8) is 0 Å². The summed E-state index contributed by atoms with van der Waals surface area (Å²) in [6.07, 6.45) is 1.47. The molecule has 0 spiro atoms. The molecule has 3 aromatic rings. The number of nitriles is 1. The second-order valence-electron chi connectivity index (χ2n) is 8.41. The molecule has 0 atom stereocenters. The van der Waals surface area contributed by atoms with E-state index in [1.165, 1.54) is 6.08 Å². The molecule has 0 aliphatic carbocycles. The first-order valence-electron chi connectivity index (χ1n) is 11.7. The Morgan fingerprint density at radius 3 is 2.35 bits per heavy atom. The number of halogens is 1. The molecular weight excluding hydrogens is 534 g/mol. The van der Waals surface area contributed by atoms with E-state index < -0.39 is 5.91 Å². The Morgan fingerprint density at radius 1 is 0.973 bits per heavy atom. The van der Waals surface area contributed by atoms with Crippen LogP contribution in [0.4, 0.5) is 11.4 Å². The molecule has 0 bridgehead atoms. The molecule has 0 aromatic heterocycles. The monoisotopic (exact) mass is 561 g/mol. The molecule has 0 radical (unpaired) electrons. The van der Waals surface area contributed by atoms with Gasteiger partial charge < -0.3 is 20.1 Å². The van der Waals surface area contributed by atoms with E-state index in [-0.39, 0.29) is 18.1 Å². The van der Waals surface area contributed by atoms with Gasteiger partial charge in [0, 0.05) is 11.4 Å². The molecule has 0 saturated heterocycles. The molecule has 0 aliphatic heterocycles. The Bertz CT molecular complexity index is 1380. The van der Waals surface area contributed by atoms with Gasteiger partial charge in [-0.15, -0.1) is 0 Å². The SMILES string of the molecule is CCOc1cc(/C=C(/C#N)C(=O)Nc2ccc(C)cc2)cc(Br)c1OCC(=O)Nc1cc(C)ccc1C. The number of nitrogens with one attached hydrogen (secondary N) is 2. The minimum atomic E-state index is -0.524. The molecule has 2 amide bonds. The Morgan fingerprint density at radius 2 is 1.68 bits per heavy atom. The smallest absolute Gasteiger partial charge is 0.266 e. The molecule has 0 aliphatic rings. The number of aryl methyl sites for hydroxylation is 3. The molecule has 0 heterocycles. The zero-order valence-corrected chi connectivity index (χ0v) is 22.7. The lowest BCUT2D eigenvalue weighted by Gasteiger charge is -2.15. The molecule has 0 fully saturated rings. The van der Waals surface area contributed by atoms with Crippen molar-refractivity contribution in [2.45, 2.75) is 27.7 Å². The predicted molar refractivity (Wildman–Crippen MR) is 149 cm³/mol. The van der Waals surface area contributed by atoms with E-state index in [1.807, 2.05) is 64.1 Å². The first-order valence-corrected chi connectivity index (χ1v) is 12.5. The first kappa shape index (κ1) is 27.5. The molecular formula is C29H28BrN3O4. The number of rotatable bonds is 9. The van der Waals surface area contributed by atoms with Gasteiger partial charge in [0.15, 0.2) is 18.1 Å². The van der Waals surface area contributed by atoms with Crippen LogP contribution in [0.1, 0.15) is 29.2 Å². The van der Waals surface area contributed by atoms with Crippen LogP contribution in [0.3, 0.4) is 0 Å². The van der Waals surface area contributed by atoms with Crippen LogP contribution < -0.4 is 20.1 Å². The van der Waals surface area contributed by atoms with Gasteiger partial charge in [0.25, 0.3) is 11.8 Å². The van der Waals surface area contributed by atoms with Gasteiger partial charge in [-0.1, -0.05) is 29.8 Å². The van der Waals surface area contributed by atoms with Crippen LogP contribution in [0.15, 0.2) is 64.6 Å². The lowest BCUT2D eigenvalue weighted by atomic mass is 10.1. The Kier molecular flexibility index (Phi) is 9.47. The van der Waals surface area contributed by atoms with Gasteiger partial charge >= 0.3 is 0 Å². The summed E-state index contributed by atoms with van der Waals surface area (Å²) < 4.78 is 12.0. The van der Waals surface area contributed by atoms with Gasteiger partial charge in [0.1, 0.15) is 11.6 Å². The second kappa shape index (κ2) is 12.7. The summed E-state index contributed by atoms with van der Waals surface area (Å²) >= 11 is 3.47. The van der Waals surface area contributed by atoms with Gasteiger partial charge in [0.2, 0.25) is 0 Å². The summed E-state index contributed by atoms with van der Waals surface area (Å²) in [6.45, 7) is 7.76. The van der Waals surface area contributed by atoms with Crippen LogP contribution in [0, 0.1) is 32.1 Å². The fourth-order valence-corrected chi connectivity index (χ4v) is 3.99. The Hall–Kier alpha value is -4.09. The number of amides is 2. The molecule has 2 N–H and O–H groups in total. The molecule has 7 nitrogen and oxygen atoms in total. The summed E-state index contributed by atoms with van der Waals surface area (Å²) in [5, 5.41) is 15.2. The summed E-state index contributed by atoms with van der Waals surface area (Å²) in [5.41, 5.74) is 4.85. The third-order valence-corrected chi connectivity index (χ3v) is 5.92. The lowest BCUT2D eigenvalue weighted by molar-refractivity contribution is -0.118. The predicted octanol–water partition coefficient (Wildman–Crippen LogP) is 6.34. The van der Waals surface area contributed by atoms with Gasteiger partial charge in [-0.2, -0.15) is 5.26 Å². The zero-order chi connectivity index (χ0) is 26.9. The minimum absolute atomic E-state index is 0.0727. The van der Waals surface area contributed by atoms with Crippen molar-refractivity contribution in [1.82, 2.24) is 0 Å². The van der Waals surface area contributed by atoms with Gasteiger partial charge in [-0.25, -0.2) is 0 Å². The van der Waals surface area contributed by atoms with Crippen molar-refractivity contribution < 1.29 is 19.1 Å². The van der Waals surface area contributed by atoms with E-state index in [0.717, 1.165) is 22.4 Å². The van der Waals surface area contributed by atoms with Crippen molar-refractivity contribution in [1.29, 1.82) is 5.26 Å². The van der Waals surface area contributed by atoms with Crippen molar-refractivity contribution >= 4 is 45.2 Å². The van der Waals surface area contributed by atoms with Crippen LogP contribution >= 0.6 is 15.9 Å². The average molecular weight is 562 g/mol. The standard InChI is InChI=1S/C29H28BrN3O4/c1-5-36-26-15-21(13-22(16-31)29(35)32-23-10-7-18(2)8-11-23)14-24(30)28(26)37-17-27(34)33-25-12-19(3)6-9-20(25)4/h6-15H,5,17H2,1-4H3,(H,32,35)(H,33,34)/b22-13-. The number of ether oxygens (including phenoxy) is 2. The number of anilines is 2. The van der Waals surface area contributed by atoms with E-state index in [4.69, 9.17) is 9.47 Å². The topological polar surface area (TPSA) is 100 Å². The molecule has 8 heteroatoms. The van der Waals surface area contributed by atoms with Crippen LogP contribution in [-0.4, -0.2) is 25.0 Å². The quantitative estimate of drug-likeness (QED) is 0.234. The van der Waals surface area contributed by atoms with Gasteiger partial charge in [-0.05, 0) is 96.7 Å². The van der Waals surface area contributed by atoms with E-state index in [1.54, 1.807) is 24.3 Å². The van der Waals surface area contributed by atoms with E-state index >= 15 is 0 Å². The highest BCUT2D eigenvalue weighted by atomic mass is 79.9. The van der Waals surface area contributed by atoms with E-state index in [0.29, 0.717) is 33.8 Å². The van der Waals surface area contributed by atoms with Crippen LogP contribution in [0.25, 0.3) is 6.08 Å². The van der Waals surface area contributed by atoms with Crippen molar-refractivity contribution in [3.8, 4) is 17.6 Å². The molecule has 190 valence electrons.